The van der Waals surface area contributed by atoms with Crippen LogP contribution in [0.25, 0.3) is 0 Å². The second kappa shape index (κ2) is 2.73. The first-order valence-electron chi connectivity index (χ1n) is 5.99. The second-order valence-corrected chi connectivity index (χ2v) is 5.97. The molecule has 3 fully saturated rings. The molecule has 1 heteroatoms. The van der Waals surface area contributed by atoms with Gasteiger partial charge >= 0.3 is 0 Å². The lowest BCUT2D eigenvalue weighted by Crippen LogP contribution is -2.37. The Hall–Kier alpha value is -0.0400. The van der Waals surface area contributed by atoms with Gasteiger partial charge in [-0.05, 0) is 49.4 Å². The highest BCUT2D eigenvalue weighted by Crippen LogP contribution is 2.47. The van der Waals surface area contributed by atoms with Gasteiger partial charge in [0.15, 0.2) is 0 Å². The quantitative estimate of drug-likeness (QED) is 0.702. The summed E-state index contributed by atoms with van der Waals surface area (Å²) in [6, 6.07) is 0.899. The Morgan fingerprint density at radius 1 is 1.23 bits per heavy atom. The summed E-state index contributed by atoms with van der Waals surface area (Å²) in [4.78, 5) is 0. The molecule has 0 spiro atoms. The molecule has 13 heavy (non-hydrogen) atoms. The SMILES string of the molecule is CC1(CNC2CC3CCC2C3)CC1. The van der Waals surface area contributed by atoms with Crippen molar-refractivity contribution in [2.75, 3.05) is 6.54 Å². The van der Waals surface area contributed by atoms with Crippen LogP contribution in [0, 0.1) is 17.3 Å². The Balaban J connectivity index is 1.51. The molecule has 3 aliphatic rings. The smallest absolute Gasteiger partial charge is 0.00982 e. The number of fused-ring (bicyclic) bond motifs is 2. The van der Waals surface area contributed by atoms with Gasteiger partial charge in [0.2, 0.25) is 0 Å². The minimum absolute atomic E-state index is 0.696. The molecule has 0 radical (unpaired) electrons. The first-order valence-corrected chi connectivity index (χ1v) is 5.99. The van der Waals surface area contributed by atoms with Crippen LogP contribution in [-0.4, -0.2) is 12.6 Å². The van der Waals surface area contributed by atoms with Crippen LogP contribution in [0.4, 0.5) is 0 Å². The first-order chi connectivity index (χ1) is 6.25. The highest BCUT2D eigenvalue weighted by atomic mass is 15.0. The van der Waals surface area contributed by atoms with Gasteiger partial charge in [0.05, 0.1) is 0 Å². The Labute approximate surface area is 81.3 Å². The second-order valence-electron chi connectivity index (χ2n) is 5.97. The van der Waals surface area contributed by atoms with E-state index in [0.717, 1.165) is 17.9 Å². The Kier molecular flexibility index (Phi) is 1.74. The molecule has 0 aliphatic heterocycles. The molecule has 3 rings (SSSR count). The minimum atomic E-state index is 0.696. The van der Waals surface area contributed by atoms with Gasteiger partial charge in [-0.15, -0.1) is 0 Å². The summed E-state index contributed by atoms with van der Waals surface area (Å²) in [5, 5.41) is 3.82. The van der Waals surface area contributed by atoms with Crippen LogP contribution in [-0.2, 0) is 0 Å². The highest BCUT2D eigenvalue weighted by Gasteiger charge is 2.42. The molecule has 74 valence electrons. The summed E-state index contributed by atoms with van der Waals surface area (Å²) < 4.78 is 0. The molecule has 0 heterocycles. The van der Waals surface area contributed by atoms with Crippen molar-refractivity contribution in [3.63, 3.8) is 0 Å². The van der Waals surface area contributed by atoms with E-state index in [1.807, 2.05) is 0 Å². The summed E-state index contributed by atoms with van der Waals surface area (Å²) in [6.07, 6.45) is 8.98. The molecule has 3 atom stereocenters. The van der Waals surface area contributed by atoms with Crippen molar-refractivity contribution >= 4 is 0 Å². The van der Waals surface area contributed by atoms with Gasteiger partial charge in [0.25, 0.3) is 0 Å². The normalized spacial score (nSPS) is 45.5. The van der Waals surface area contributed by atoms with E-state index < -0.39 is 0 Å². The molecule has 0 saturated heterocycles. The Morgan fingerprint density at radius 2 is 2.08 bits per heavy atom. The molecule has 3 aliphatic carbocycles. The zero-order chi connectivity index (χ0) is 8.89. The van der Waals surface area contributed by atoms with Crippen LogP contribution in [0.1, 0.15) is 45.4 Å². The molecule has 1 N–H and O–H groups in total. The van der Waals surface area contributed by atoms with Gasteiger partial charge in [-0.25, -0.2) is 0 Å². The molecule has 0 amide bonds. The summed E-state index contributed by atoms with van der Waals surface area (Å²) in [7, 11) is 0. The van der Waals surface area contributed by atoms with E-state index in [9.17, 15) is 0 Å². The number of hydrogen-bond donors (Lipinski definition) is 1. The van der Waals surface area contributed by atoms with Crippen LogP contribution < -0.4 is 5.32 Å². The summed E-state index contributed by atoms with van der Waals surface area (Å²) in [6.45, 7) is 3.72. The van der Waals surface area contributed by atoms with Crippen molar-refractivity contribution in [2.45, 2.75) is 51.5 Å². The fourth-order valence-electron chi connectivity index (χ4n) is 3.26. The van der Waals surface area contributed by atoms with E-state index in [-0.39, 0.29) is 0 Å². The fraction of sp³-hybridized carbons (Fsp3) is 1.00. The largest absolute Gasteiger partial charge is 0.313 e. The van der Waals surface area contributed by atoms with Gasteiger partial charge in [-0.2, -0.15) is 0 Å². The lowest BCUT2D eigenvalue weighted by Gasteiger charge is -2.24. The molecule has 1 nitrogen and oxygen atoms in total. The Bertz CT molecular complexity index is 207. The lowest BCUT2D eigenvalue weighted by molar-refractivity contribution is 0.328. The topological polar surface area (TPSA) is 12.0 Å². The lowest BCUT2D eigenvalue weighted by atomic mass is 9.95. The summed E-state index contributed by atoms with van der Waals surface area (Å²) in [5.74, 6) is 2.14. The highest BCUT2D eigenvalue weighted by molar-refractivity contribution is 4.97. The van der Waals surface area contributed by atoms with Crippen molar-refractivity contribution in [2.24, 2.45) is 17.3 Å². The zero-order valence-corrected chi connectivity index (χ0v) is 8.68. The molecule has 0 aromatic rings. The van der Waals surface area contributed by atoms with Gasteiger partial charge in [0.1, 0.15) is 0 Å². The van der Waals surface area contributed by atoms with Crippen molar-refractivity contribution in [3.05, 3.63) is 0 Å². The van der Waals surface area contributed by atoms with Gasteiger partial charge < -0.3 is 5.32 Å². The first kappa shape index (κ1) is 8.28. The third-order valence-corrected chi connectivity index (χ3v) is 4.63. The third kappa shape index (κ3) is 1.52. The van der Waals surface area contributed by atoms with Crippen LogP contribution in [0.3, 0.4) is 0 Å². The summed E-state index contributed by atoms with van der Waals surface area (Å²) in [5.41, 5.74) is 0.696. The standard InChI is InChI=1S/C12H21N/c1-12(4-5-12)8-13-11-7-9-2-3-10(11)6-9/h9-11,13H,2-8H2,1H3. The van der Waals surface area contributed by atoms with Crippen LogP contribution in [0.5, 0.6) is 0 Å². The fourth-order valence-corrected chi connectivity index (χ4v) is 3.26. The zero-order valence-electron chi connectivity index (χ0n) is 8.68. The minimum Gasteiger partial charge on any atom is -0.313 e. The van der Waals surface area contributed by atoms with Crippen LogP contribution in [0.15, 0.2) is 0 Å². The molecular weight excluding hydrogens is 158 g/mol. The average molecular weight is 179 g/mol. The van der Waals surface area contributed by atoms with E-state index in [1.54, 1.807) is 0 Å². The van der Waals surface area contributed by atoms with Crippen molar-refractivity contribution in [1.29, 1.82) is 0 Å². The van der Waals surface area contributed by atoms with Crippen molar-refractivity contribution < 1.29 is 0 Å². The molecule has 0 aromatic heterocycles. The van der Waals surface area contributed by atoms with Crippen molar-refractivity contribution in [1.82, 2.24) is 5.32 Å². The number of hydrogen-bond acceptors (Lipinski definition) is 1. The maximum absolute atomic E-state index is 3.82. The monoisotopic (exact) mass is 179 g/mol. The predicted octanol–water partition coefficient (Wildman–Crippen LogP) is 2.56. The average Bonchev–Trinajstić information content (AvgIpc) is 2.63. The molecule has 2 bridgehead atoms. The molecule has 3 saturated carbocycles. The van der Waals surface area contributed by atoms with Crippen LogP contribution >= 0.6 is 0 Å². The van der Waals surface area contributed by atoms with E-state index in [4.69, 9.17) is 0 Å². The van der Waals surface area contributed by atoms with E-state index in [0.29, 0.717) is 5.41 Å². The van der Waals surface area contributed by atoms with Gasteiger partial charge in [-0.1, -0.05) is 13.3 Å². The number of nitrogens with one attached hydrogen (secondary N) is 1. The van der Waals surface area contributed by atoms with Gasteiger partial charge in [-0.3, -0.25) is 0 Å². The number of rotatable bonds is 3. The molecule has 3 unspecified atom stereocenters. The van der Waals surface area contributed by atoms with Gasteiger partial charge in [0, 0.05) is 12.6 Å². The maximum atomic E-state index is 3.82. The van der Waals surface area contributed by atoms with E-state index in [1.165, 1.54) is 45.1 Å². The van der Waals surface area contributed by atoms with E-state index in [2.05, 4.69) is 12.2 Å². The van der Waals surface area contributed by atoms with Crippen molar-refractivity contribution in [3.8, 4) is 0 Å². The molecule has 0 aromatic carbocycles. The maximum Gasteiger partial charge on any atom is 0.00982 e. The van der Waals surface area contributed by atoms with Crippen LogP contribution in [0.2, 0.25) is 0 Å². The third-order valence-electron chi connectivity index (χ3n) is 4.63. The predicted molar refractivity (Wildman–Crippen MR) is 54.6 cm³/mol. The molecular formula is C12H21N. The Morgan fingerprint density at radius 3 is 2.62 bits per heavy atom. The summed E-state index contributed by atoms with van der Waals surface area (Å²) >= 11 is 0. The van der Waals surface area contributed by atoms with E-state index >= 15 is 0 Å².